The Kier molecular flexibility index (Phi) is 3.58. The number of aromatic nitrogens is 3. The number of nitrogens with zero attached hydrogens (tertiary/aromatic N) is 3. The lowest BCUT2D eigenvalue weighted by Gasteiger charge is -2.09. The van der Waals surface area contributed by atoms with E-state index in [1.54, 1.807) is 13.8 Å². The predicted octanol–water partition coefficient (Wildman–Crippen LogP) is 3.00. The fourth-order valence-corrected chi connectivity index (χ4v) is 4.47. The van der Waals surface area contributed by atoms with Gasteiger partial charge in [-0.2, -0.15) is 18.0 Å². The molecule has 0 unspecified atom stereocenters. The standard InChI is InChI=1S/C12H10ClFN4O2S2/c1-6-11(18-12(15-6)21-7(2)16-18)22(19,20)17-10-4-3-8(14)5-9(10)13/h3-5,17H,1-2H3. The van der Waals surface area contributed by atoms with Gasteiger partial charge in [-0.05, 0) is 32.0 Å². The summed E-state index contributed by atoms with van der Waals surface area (Å²) in [6.45, 7) is 3.34. The molecule has 0 aliphatic heterocycles. The molecular weight excluding hydrogens is 351 g/mol. The molecule has 0 saturated carbocycles. The Hall–Kier alpha value is -1.71. The number of imidazole rings is 1. The van der Waals surface area contributed by atoms with E-state index in [0.29, 0.717) is 15.7 Å². The summed E-state index contributed by atoms with van der Waals surface area (Å²) in [6.07, 6.45) is 0. The lowest BCUT2D eigenvalue weighted by Crippen LogP contribution is -2.17. The Labute approximate surface area is 134 Å². The Balaban J connectivity index is 2.10. The van der Waals surface area contributed by atoms with Crippen molar-refractivity contribution in [3.8, 4) is 0 Å². The van der Waals surface area contributed by atoms with Crippen molar-refractivity contribution in [2.24, 2.45) is 0 Å². The molecule has 3 aromatic rings. The molecule has 0 bridgehead atoms. The fraction of sp³-hybridized carbons (Fsp3) is 0.167. The zero-order valence-corrected chi connectivity index (χ0v) is 13.9. The van der Waals surface area contributed by atoms with E-state index < -0.39 is 15.8 Å². The van der Waals surface area contributed by atoms with Crippen molar-refractivity contribution in [1.29, 1.82) is 0 Å². The Morgan fingerprint density at radius 1 is 1.36 bits per heavy atom. The Bertz CT molecular complexity index is 981. The minimum absolute atomic E-state index is 0.0311. The van der Waals surface area contributed by atoms with Gasteiger partial charge in [0.05, 0.1) is 16.4 Å². The molecule has 2 aromatic heterocycles. The van der Waals surface area contributed by atoms with Crippen LogP contribution in [-0.2, 0) is 10.0 Å². The van der Waals surface area contributed by atoms with Crippen LogP contribution in [0, 0.1) is 19.7 Å². The normalized spacial score (nSPS) is 12.0. The molecule has 1 aromatic carbocycles. The van der Waals surface area contributed by atoms with Crippen molar-refractivity contribution in [2.45, 2.75) is 18.9 Å². The van der Waals surface area contributed by atoms with E-state index >= 15 is 0 Å². The van der Waals surface area contributed by atoms with Crippen LogP contribution >= 0.6 is 22.9 Å². The number of aryl methyl sites for hydroxylation is 2. The van der Waals surface area contributed by atoms with Crippen molar-refractivity contribution in [1.82, 2.24) is 14.6 Å². The van der Waals surface area contributed by atoms with E-state index in [-0.39, 0.29) is 15.7 Å². The SMILES string of the molecule is Cc1nn2c(S(=O)(=O)Nc3ccc(F)cc3Cl)c(C)nc2s1. The van der Waals surface area contributed by atoms with Gasteiger partial charge in [-0.3, -0.25) is 4.72 Å². The minimum atomic E-state index is -3.96. The summed E-state index contributed by atoms with van der Waals surface area (Å²) in [4.78, 5) is 4.67. The molecule has 6 nitrogen and oxygen atoms in total. The van der Waals surface area contributed by atoms with E-state index in [9.17, 15) is 12.8 Å². The maximum atomic E-state index is 13.0. The van der Waals surface area contributed by atoms with Gasteiger partial charge < -0.3 is 0 Å². The molecule has 0 aliphatic carbocycles. The lowest BCUT2D eigenvalue weighted by molar-refractivity contribution is 0.592. The molecule has 0 aliphatic rings. The van der Waals surface area contributed by atoms with Crippen LogP contribution in [0.15, 0.2) is 23.2 Å². The van der Waals surface area contributed by atoms with E-state index in [1.165, 1.54) is 21.9 Å². The van der Waals surface area contributed by atoms with E-state index in [0.717, 1.165) is 12.1 Å². The molecule has 1 N–H and O–H groups in total. The summed E-state index contributed by atoms with van der Waals surface area (Å²) in [6, 6.07) is 3.41. The molecule has 2 heterocycles. The third kappa shape index (κ3) is 2.55. The fourth-order valence-electron chi connectivity index (χ4n) is 2.00. The quantitative estimate of drug-likeness (QED) is 0.779. The van der Waals surface area contributed by atoms with E-state index in [2.05, 4.69) is 14.8 Å². The second-order valence-electron chi connectivity index (χ2n) is 4.55. The van der Waals surface area contributed by atoms with Crippen LogP contribution in [0.3, 0.4) is 0 Å². The highest BCUT2D eigenvalue weighted by Crippen LogP contribution is 2.27. The highest BCUT2D eigenvalue weighted by Gasteiger charge is 2.26. The molecule has 22 heavy (non-hydrogen) atoms. The third-order valence-corrected chi connectivity index (χ3v) is 5.46. The lowest BCUT2D eigenvalue weighted by atomic mass is 10.3. The molecule has 116 valence electrons. The highest BCUT2D eigenvalue weighted by atomic mass is 35.5. The average Bonchev–Trinajstić information content (AvgIpc) is 2.86. The first-order chi connectivity index (χ1) is 10.3. The first kappa shape index (κ1) is 15.2. The van der Waals surface area contributed by atoms with Gasteiger partial charge in [0.2, 0.25) is 9.99 Å². The predicted molar refractivity (Wildman–Crippen MR) is 82.6 cm³/mol. The number of rotatable bonds is 3. The highest BCUT2D eigenvalue weighted by molar-refractivity contribution is 7.92. The van der Waals surface area contributed by atoms with Gasteiger partial charge in [0.25, 0.3) is 10.0 Å². The summed E-state index contributed by atoms with van der Waals surface area (Å²) in [5.74, 6) is -0.550. The van der Waals surface area contributed by atoms with Crippen molar-refractivity contribution < 1.29 is 12.8 Å². The van der Waals surface area contributed by atoms with Gasteiger partial charge in [-0.15, -0.1) is 0 Å². The molecule has 0 atom stereocenters. The smallest absolute Gasteiger partial charge is 0.277 e. The zero-order valence-electron chi connectivity index (χ0n) is 11.5. The van der Waals surface area contributed by atoms with E-state index in [4.69, 9.17) is 11.6 Å². The van der Waals surface area contributed by atoms with Crippen molar-refractivity contribution >= 4 is 43.6 Å². The molecule has 0 radical (unpaired) electrons. The molecule has 0 saturated heterocycles. The van der Waals surface area contributed by atoms with Crippen LogP contribution in [0.2, 0.25) is 5.02 Å². The van der Waals surface area contributed by atoms with Gasteiger partial charge in [-0.1, -0.05) is 22.9 Å². The maximum Gasteiger partial charge on any atom is 0.281 e. The summed E-state index contributed by atoms with van der Waals surface area (Å²) in [7, 11) is -3.96. The second kappa shape index (κ2) is 5.18. The van der Waals surface area contributed by atoms with E-state index in [1.807, 2.05) is 0 Å². The number of anilines is 1. The van der Waals surface area contributed by atoms with Gasteiger partial charge in [-0.25, -0.2) is 9.37 Å². The number of hydrogen-bond donors (Lipinski definition) is 1. The average molecular weight is 361 g/mol. The summed E-state index contributed by atoms with van der Waals surface area (Å²) in [5, 5.41) is 4.74. The summed E-state index contributed by atoms with van der Waals surface area (Å²) < 4.78 is 41.8. The number of hydrogen-bond acceptors (Lipinski definition) is 5. The van der Waals surface area contributed by atoms with Crippen LogP contribution < -0.4 is 4.72 Å². The van der Waals surface area contributed by atoms with Crippen LogP contribution in [0.1, 0.15) is 10.7 Å². The van der Waals surface area contributed by atoms with Crippen LogP contribution in [0.4, 0.5) is 10.1 Å². The second-order valence-corrected chi connectivity index (χ2v) is 7.71. The summed E-state index contributed by atoms with van der Waals surface area (Å²) in [5.41, 5.74) is 0.411. The molecule has 0 amide bonds. The maximum absolute atomic E-state index is 13.0. The van der Waals surface area contributed by atoms with Crippen molar-refractivity contribution in [2.75, 3.05) is 4.72 Å². The topological polar surface area (TPSA) is 76.4 Å². The number of fused-ring (bicyclic) bond motifs is 1. The number of benzene rings is 1. The largest absolute Gasteiger partial charge is 0.281 e. The van der Waals surface area contributed by atoms with Gasteiger partial charge in [0.15, 0.2) is 0 Å². The zero-order chi connectivity index (χ0) is 16.1. The monoisotopic (exact) mass is 360 g/mol. The molecule has 0 fully saturated rings. The third-order valence-electron chi connectivity index (χ3n) is 2.86. The van der Waals surface area contributed by atoms with Crippen LogP contribution in [-0.4, -0.2) is 23.0 Å². The number of sulfonamides is 1. The van der Waals surface area contributed by atoms with Gasteiger partial charge >= 0.3 is 0 Å². The Morgan fingerprint density at radius 2 is 2.09 bits per heavy atom. The van der Waals surface area contributed by atoms with Crippen molar-refractivity contribution in [3.63, 3.8) is 0 Å². The molecule has 3 rings (SSSR count). The van der Waals surface area contributed by atoms with Crippen LogP contribution in [0.5, 0.6) is 0 Å². The molecule has 0 spiro atoms. The first-order valence-corrected chi connectivity index (χ1v) is 8.76. The van der Waals surface area contributed by atoms with Gasteiger partial charge in [0.1, 0.15) is 10.8 Å². The summed E-state index contributed by atoms with van der Waals surface area (Å²) >= 11 is 7.14. The first-order valence-electron chi connectivity index (χ1n) is 6.08. The number of nitrogens with one attached hydrogen (secondary N) is 1. The molecule has 10 heteroatoms. The Morgan fingerprint density at radius 3 is 2.77 bits per heavy atom. The van der Waals surface area contributed by atoms with Gasteiger partial charge in [0, 0.05) is 0 Å². The minimum Gasteiger partial charge on any atom is -0.277 e. The van der Waals surface area contributed by atoms with Crippen LogP contribution in [0.25, 0.3) is 4.96 Å². The molecular formula is C12H10ClFN4O2S2. The number of halogens is 2. The van der Waals surface area contributed by atoms with Crippen molar-refractivity contribution in [3.05, 3.63) is 39.7 Å².